The molecular formula is C14H13ClO3. The van der Waals surface area contributed by atoms with Gasteiger partial charge in [-0.05, 0) is 37.6 Å². The molecule has 0 aliphatic carbocycles. The van der Waals surface area contributed by atoms with E-state index in [0.717, 1.165) is 5.56 Å². The average Bonchev–Trinajstić information content (AvgIpc) is 2.67. The molecule has 0 radical (unpaired) electrons. The van der Waals surface area contributed by atoms with Crippen LogP contribution in [-0.2, 0) is 11.3 Å². The molecule has 94 valence electrons. The van der Waals surface area contributed by atoms with E-state index >= 15 is 0 Å². The Hall–Kier alpha value is -1.74. The molecule has 0 bridgehead atoms. The number of hydrogen-bond acceptors (Lipinski definition) is 3. The Balaban J connectivity index is 2.00. The van der Waals surface area contributed by atoms with Crippen LogP contribution in [0.15, 0.2) is 34.7 Å². The van der Waals surface area contributed by atoms with Gasteiger partial charge in [0.05, 0.1) is 0 Å². The molecule has 0 unspecified atom stereocenters. The van der Waals surface area contributed by atoms with Gasteiger partial charge in [0.25, 0.3) is 0 Å². The Kier molecular flexibility index (Phi) is 3.72. The molecule has 18 heavy (non-hydrogen) atoms. The highest BCUT2D eigenvalue weighted by Gasteiger charge is 2.14. The fourth-order valence-electron chi connectivity index (χ4n) is 1.64. The number of carbonyl (C=O) groups is 1. The number of ether oxygens (including phenoxy) is 1. The van der Waals surface area contributed by atoms with Gasteiger partial charge < -0.3 is 9.15 Å². The molecule has 0 fully saturated rings. The van der Waals surface area contributed by atoms with Gasteiger partial charge in [0, 0.05) is 5.02 Å². The Morgan fingerprint density at radius 1 is 1.28 bits per heavy atom. The van der Waals surface area contributed by atoms with Crippen LogP contribution < -0.4 is 0 Å². The van der Waals surface area contributed by atoms with Crippen molar-refractivity contribution in [2.24, 2.45) is 0 Å². The summed E-state index contributed by atoms with van der Waals surface area (Å²) in [4.78, 5) is 11.8. The van der Waals surface area contributed by atoms with Crippen LogP contribution in [0.5, 0.6) is 0 Å². The highest BCUT2D eigenvalue weighted by molar-refractivity contribution is 6.30. The molecule has 3 nitrogen and oxygen atoms in total. The number of furan rings is 1. The van der Waals surface area contributed by atoms with Gasteiger partial charge in [-0.1, -0.05) is 23.7 Å². The SMILES string of the molecule is Cc1cc(C(=O)OCc2ccc(Cl)cc2)c(C)o1. The van der Waals surface area contributed by atoms with Crippen LogP contribution in [0, 0.1) is 13.8 Å². The van der Waals surface area contributed by atoms with Crippen LogP contribution in [-0.4, -0.2) is 5.97 Å². The van der Waals surface area contributed by atoms with Crippen LogP contribution in [0.2, 0.25) is 5.02 Å². The normalized spacial score (nSPS) is 10.4. The summed E-state index contributed by atoms with van der Waals surface area (Å²) in [5.74, 6) is 0.902. The number of benzene rings is 1. The molecule has 1 aromatic heterocycles. The molecule has 0 aliphatic rings. The van der Waals surface area contributed by atoms with Gasteiger partial charge in [0.2, 0.25) is 0 Å². The molecule has 0 N–H and O–H groups in total. The largest absolute Gasteiger partial charge is 0.466 e. The minimum Gasteiger partial charge on any atom is -0.466 e. The number of esters is 1. The van der Waals surface area contributed by atoms with Gasteiger partial charge in [-0.2, -0.15) is 0 Å². The third kappa shape index (κ3) is 2.93. The van der Waals surface area contributed by atoms with Crippen molar-refractivity contribution in [2.45, 2.75) is 20.5 Å². The Morgan fingerprint density at radius 3 is 2.50 bits per heavy atom. The lowest BCUT2D eigenvalue weighted by molar-refractivity contribution is 0.0471. The topological polar surface area (TPSA) is 39.4 Å². The van der Waals surface area contributed by atoms with Gasteiger partial charge >= 0.3 is 5.97 Å². The fourth-order valence-corrected chi connectivity index (χ4v) is 1.77. The van der Waals surface area contributed by atoms with Gasteiger partial charge in [0.15, 0.2) is 0 Å². The molecule has 0 saturated heterocycles. The van der Waals surface area contributed by atoms with Crippen molar-refractivity contribution in [1.29, 1.82) is 0 Å². The summed E-state index contributed by atoms with van der Waals surface area (Å²) in [6.07, 6.45) is 0. The van der Waals surface area contributed by atoms with Crippen LogP contribution in [0.4, 0.5) is 0 Å². The maximum atomic E-state index is 11.8. The summed E-state index contributed by atoms with van der Waals surface area (Å²) in [5, 5.41) is 0.659. The third-order valence-corrected chi connectivity index (χ3v) is 2.80. The van der Waals surface area contributed by atoms with E-state index in [2.05, 4.69) is 0 Å². The smallest absolute Gasteiger partial charge is 0.342 e. The summed E-state index contributed by atoms with van der Waals surface area (Å²) >= 11 is 5.77. The molecule has 0 saturated carbocycles. The van der Waals surface area contributed by atoms with E-state index in [4.69, 9.17) is 20.8 Å². The van der Waals surface area contributed by atoms with Crippen molar-refractivity contribution in [2.75, 3.05) is 0 Å². The maximum absolute atomic E-state index is 11.8. The van der Waals surface area contributed by atoms with Crippen LogP contribution >= 0.6 is 11.6 Å². The number of halogens is 1. The number of hydrogen-bond donors (Lipinski definition) is 0. The van der Waals surface area contributed by atoms with Crippen molar-refractivity contribution >= 4 is 17.6 Å². The minimum atomic E-state index is -0.376. The van der Waals surface area contributed by atoms with E-state index in [9.17, 15) is 4.79 Å². The number of aryl methyl sites for hydroxylation is 2. The monoisotopic (exact) mass is 264 g/mol. The molecule has 1 aromatic carbocycles. The van der Waals surface area contributed by atoms with Crippen LogP contribution in [0.3, 0.4) is 0 Å². The van der Waals surface area contributed by atoms with E-state index in [1.54, 1.807) is 32.0 Å². The second kappa shape index (κ2) is 5.27. The number of carbonyl (C=O) groups excluding carboxylic acids is 1. The van der Waals surface area contributed by atoms with Gasteiger partial charge in [-0.15, -0.1) is 0 Å². The van der Waals surface area contributed by atoms with E-state index in [1.165, 1.54) is 0 Å². The van der Waals surface area contributed by atoms with Gasteiger partial charge in [-0.25, -0.2) is 4.79 Å². The van der Waals surface area contributed by atoms with E-state index < -0.39 is 0 Å². The molecule has 1 heterocycles. The Labute approximate surface area is 110 Å². The van der Waals surface area contributed by atoms with E-state index in [-0.39, 0.29) is 12.6 Å². The van der Waals surface area contributed by atoms with Gasteiger partial charge in [-0.3, -0.25) is 0 Å². The molecule has 2 rings (SSSR count). The summed E-state index contributed by atoms with van der Waals surface area (Å²) in [7, 11) is 0. The molecular weight excluding hydrogens is 252 g/mol. The second-order valence-corrected chi connectivity index (χ2v) is 4.47. The van der Waals surface area contributed by atoms with Crippen molar-refractivity contribution in [3.8, 4) is 0 Å². The van der Waals surface area contributed by atoms with Crippen LogP contribution in [0.25, 0.3) is 0 Å². The lowest BCUT2D eigenvalue weighted by Crippen LogP contribution is -2.05. The second-order valence-electron chi connectivity index (χ2n) is 4.03. The fraction of sp³-hybridized carbons (Fsp3) is 0.214. The standard InChI is InChI=1S/C14H13ClO3/c1-9-7-13(10(2)18-9)14(16)17-8-11-3-5-12(15)6-4-11/h3-7H,8H2,1-2H3. The average molecular weight is 265 g/mol. The lowest BCUT2D eigenvalue weighted by Gasteiger charge is -2.04. The Bertz CT molecular complexity index is 555. The first kappa shape index (κ1) is 12.7. The zero-order valence-electron chi connectivity index (χ0n) is 10.2. The maximum Gasteiger partial charge on any atom is 0.342 e. The zero-order valence-corrected chi connectivity index (χ0v) is 11.0. The Morgan fingerprint density at radius 2 is 1.94 bits per heavy atom. The van der Waals surface area contributed by atoms with Crippen molar-refractivity contribution < 1.29 is 13.9 Å². The van der Waals surface area contributed by atoms with E-state index in [1.807, 2.05) is 12.1 Å². The molecule has 0 amide bonds. The highest BCUT2D eigenvalue weighted by atomic mass is 35.5. The quantitative estimate of drug-likeness (QED) is 0.789. The van der Waals surface area contributed by atoms with Crippen molar-refractivity contribution in [3.05, 3.63) is 58.0 Å². The third-order valence-electron chi connectivity index (χ3n) is 2.54. The first-order valence-electron chi connectivity index (χ1n) is 5.55. The summed E-state index contributed by atoms with van der Waals surface area (Å²) in [6.45, 7) is 3.76. The summed E-state index contributed by atoms with van der Waals surface area (Å²) in [6, 6.07) is 8.85. The zero-order chi connectivity index (χ0) is 13.1. The van der Waals surface area contributed by atoms with Crippen LogP contribution in [0.1, 0.15) is 27.4 Å². The minimum absolute atomic E-state index is 0.222. The van der Waals surface area contributed by atoms with Crippen molar-refractivity contribution in [3.63, 3.8) is 0 Å². The highest BCUT2D eigenvalue weighted by Crippen LogP contribution is 2.16. The predicted octanol–water partition coefficient (Wildman–Crippen LogP) is 3.91. The molecule has 0 atom stereocenters. The molecule has 4 heteroatoms. The summed E-state index contributed by atoms with van der Waals surface area (Å²) < 4.78 is 10.5. The lowest BCUT2D eigenvalue weighted by atomic mass is 10.2. The first-order valence-corrected chi connectivity index (χ1v) is 5.92. The first-order chi connectivity index (χ1) is 8.56. The number of rotatable bonds is 3. The van der Waals surface area contributed by atoms with E-state index in [0.29, 0.717) is 22.1 Å². The predicted molar refractivity (Wildman–Crippen MR) is 68.8 cm³/mol. The molecule has 0 spiro atoms. The molecule has 0 aliphatic heterocycles. The molecule has 2 aromatic rings. The van der Waals surface area contributed by atoms with Crippen molar-refractivity contribution in [1.82, 2.24) is 0 Å². The summed E-state index contributed by atoms with van der Waals surface area (Å²) in [5.41, 5.74) is 1.37. The van der Waals surface area contributed by atoms with Gasteiger partial charge in [0.1, 0.15) is 23.7 Å².